The van der Waals surface area contributed by atoms with Crippen molar-refractivity contribution in [2.45, 2.75) is 33.7 Å². The van der Waals surface area contributed by atoms with Gasteiger partial charge in [-0.3, -0.25) is 14.5 Å². The van der Waals surface area contributed by atoms with Crippen molar-refractivity contribution in [3.05, 3.63) is 57.9 Å². The smallest absolute Gasteiger partial charge is 0.253 e. The Bertz CT molecular complexity index is 863. The van der Waals surface area contributed by atoms with Crippen LogP contribution in [0.3, 0.4) is 0 Å². The molecule has 2 aromatic rings. The summed E-state index contributed by atoms with van der Waals surface area (Å²) in [5.41, 5.74) is 3.62. The third-order valence-electron chi connectivity index (χ3n) is 5.42. The monoisotopic (exact) mass is 401 g/mol. The molecule has 0 aliphatic carbocycles. The summed E-state index contributed by atoms with van der Waals surface area (Å²) in [6, 6.07) is 9.31. The molecule has 3 rings (SSSR count). The van der Waals surface area contributed by atoms with Gasteiger partial charge in [0.15, 0.2) is 5.78 Å². The molecule has 150 valence electrons. The highest BCUT2D eigenvalue weighted by atomic mass is 35.5. The van der Waals surface area contributed by atoms with Crippen LogP contribution in [0.2, 0.25) is 5.02 Å². The van der Waals surface area contributed by atoms with Crippen molar-refractivity contribution in [3.8, 4) is 0 Å². The molecule has 1 aliphatic rings. The molecule has 0 atom stereocenters. The lowest BCUT2D eigenvalue weighted by molar-refractivity contribution is 0.0624. The number of hydrogen-bond donors (Lipinski definition) is 0. The highest BCUT2D eigenvalue weighted by Gasteiger charge is 2.25. The topological polar surface area (TPSA) is 45.6 Å². The Kier molecular flexibility index (Phi) is 6.26. The van der Waals surface area contributed by atoms with Crippen LogP contribution >= 0.6 is 11.6 Å². The van der Waals surface area contributed by atoms with Gasteiger partial charge in [-0.1, -0.05) is 11.6 Å². The van der Waals surface area contributed by atoms with Crippen LogP contribution in [0.25, 0.3) is 0 Å². The van der Waals surface area contributed by atoms with E-state index in [9.17, 15) is 9.59 Å². The average molecular weight is 402 g/mol. The lowest BCUT2D eigenvalue weighted by atomic mass is 10.1. The first-order valence-electron chi connectivity index (χ1n) is 9.76. The lowest BCUT2D eigenvalue weighted by Crippen LogP contribution is -2.49. The van der Waals surface area contributed by atoms with E-state index in [0.717, 1.165) is 17.0 Å². The minimum absolute atomic E-state index is 0.0168. The molecule has 0 radical (unpaired) electrons. The first-order valence-corrected chi connectivity index (χ1v) is 10.1. The fourth-order valence-electron chi connectivity index (χ4n) is 4.03. The molecular weight excluding hydrogens is 374 g/mol. The molecule has 28 heavy (non-hydrogen) atoms. The summed E-state index contributed by atoms with van der Waals surface area (Å²) in [5, 5.41) is 0.622. The van der Waals surface area contributed by atoms with Crippen LogP contribution in [0.5, 0.6) is 0 Å². The van der Waals surface area contributed by atoms with Gasteiger partial charge in [-0.15, -0.1) is 0 Å². The first kappa shape index (κ1) is 20.6. The Hall–Kier alpha value is -2.11. The second kappa shape index (κ2) is 8.50. The van der Waals surface area contributed by atoms with Gasteiger partial charge in [0, 0.05) is 59.8 Å². The second-order valence-corrected chi connectivity index (χ2v) is 8.18. The zero-order valence-corrected chi connectivity index (χ0v) is 17.8. The maximum atomic E-state index is 12.8. The van der Waals surface area contributed by atoms with Gasteiger partial charge in [0.25, 0.3) is 5.91 Å². The summed E-state index contributed by atoms with van der Waals surface area (Å²) in [5.74, 6) is 0.167. The van der Waals surface area contributed by atoms with Crippen LogP contribution in [0.1, 0.15) is 52.0 Å². The molecule has 1 aliphatic heterocycles. The fourth-order valence-corrected chi connectivity index (χ4v) is 4.15. The van der Waals surface area contributed by atoms with Gasteiger partial charge in [-0.2, -0.15) is 0 Å². The normalized spacial score (nSPS) is 15.3. The maximum Gasteiger partial charge on any atom is 0.253 e. The van der Waals surface area contributed by atoms with Gasteiger partial charge in [0.05, 0.1) is 6.54 Å². The van der Waals surface area contributed by atoms with Gasteiger partial charge in [0.1, 0.15) is 0 Å². The summed E-state index contributed by atoms with van der Waals surface area (Å²) < 4.78 is 2.20. The summed E-state index contributed by atoms with van der Waals surface area (Å²) >= 11 is 5.89. The predicted molar refractivity (Wildman–Crippen MR) is 112 cm³/mol. The number of hydrogen-bond acceptors (Lipinski definition) is 3. The van der Waals surface area contributed by atoms with Crippen molar-refractivity contribution < 1.29 is 9.59 Å². The quantitative estimate of drug-likeness (QED) is 0.712. The number of ketones is 1. The minimum Gasteiger partial charge on any atom is -0.346 e. The number of piperazine rings is 1. The van der Waals surface area contributed by atoms with Gasteiger partial charge >= 0.3 is 0 Å². The molecule has 0 bridgehead atoms. The summed E-state index contributed by atoms with van der Waals surface area (Å²) in [6.07, 6.45) is 0. The van der Waals surface area contributed by atoms with Crippen LogP contribution in [-0.2, 0) is 0 Å². The van der Waals surface area contributed by atoms with Crippen molar-refractivity contribution in [3.63, 3.8) is 0 Å². The van der Waals surface area contributed by atoms with Gasteiger partial charge in [-0.05, 0) is 58.0 Å². The standard InChI is InChI=1S/C22H28ClN3O2/c1-15(2)26-16(3)13-20(17(26)4)21(27)14-24-9-11-25(12-10-24)22(28)18-5-7-19(23)8-6-18/h5-8,13,15H,9-12,14H2,1-4H3. The number of carbonyl (C=O) groups excluding carboxylic acids is 2. The van der Waals surface area contributed by atoms with E-state index in [1.54, 1.807) is 24.3 Å². The SMILES string of the molecule is Cc1cc(C(=O)CN2CCN(C(=O)c3ccc(Cl)cc3)CC2)c(C)n1C(C)C. The van der Waals surface area contributed by atoms with Gasteiger partial charge in [-0.25, -0.2) is 0 Å². The number of amides is 1. The lowest BCUT2D eigenvalue weighted by Gasteiger charge is -2.34. The van der Waals surface area contributed by atoms with Crippen molar-refractivity contribution in [2.24, 2.45) is 0 Å². The van der Waals surface area contributed by atoms with Crippen molar-refractivity contribution in [2.75, 3.05) is 32.7 Å². The molecule has 1 aromatic carbocycles. The third kappa shape index (κ3) is 4.31. The van der Waals surface area contributed by atoms with Gasteiger partial charge in [0.2, 0.25) is 0 Å². The predicted octanol–water partition coefficient (Wildman–Crippen LogP) is 3.98. The zero-order valence-electron chi connectivity index (χ0n) is 17.0. The highest BCUT2D eigenvalue weighted by molar-refractivity contribution is 6.30. The minimum atomic E-state index is 0.0168. The molecular formula is C22H28ClN3O2. The van der Waals surface area contributed by atoms with E-state index < -0.39 is 0 Å². The molecule has 0 spiro atoms. The molecule has 0 unspecified atom stereocenters. The summed E-state index contributed by atoms with van der Waals surface area (Å²) in [4.78, 5) is 29.4. The van der Waals surface area contributed by atoms with Crippen LogP contribution < -0.4 is 0 Å². The molecule has 0 saturated carbocycles. The second-order valence-electron chi connectivity index (χ2n) is 7.75. The number of Topliss-reactive ketones (excluding diaryl/α,β-unsaturated/α-hetero) is 1. The number of rotatable bonds is 5. The molecule has 0 N–H and O–H groups in total. The Morgan fingerprint density at radius 2 is 1.64 bits per heavy atom. The number of aromatic nitrogens is 1. The zero-order chi connectivity index (χ0) is 20.4. The van der Waals surface area contributed by atoms with E-state index in [0.29, 0.717) is 49.4 Å². The molecule has 2 heterocycles. The van der Waals surface area contributed by atoms with Crippen LogP contribution in [-0.4, -0.2) is 58.8 Å². The molecule has 1 amide bonds. The highest BCUT2D eigenvalue weighted by Crippen LogP contribution is 2.21. The van der Waals surface area contributed by atoms with Crippen molar-refractivity contribution in [1.29, 1.82) is 0 Å². The Labute approximate surface area is 171 Å². The number of nitrogens with zero attached hydrogens (tertiary/aromatic N) is 3. The van der Waals surface area contributed by atoms with E-state index in [4.69, 9.17) is 11.6 Å². The van der Waals surface area contributed by atoms with E-state index in [1.807, 2.05) is 24.8 Å². The molecule has 1 saturated heterocycles. The summed E-state index contributed by atoms with van der Waals surface area (Å²) in [6.45, 7) is 11.4. The Balaban J connectivity index is 1.58. The summed E-state index contributed by atoms with van der Waals surface area (Å²) in [7, 11) is 0. The van der Waals surface area contributed by atoms with Crippen LogP contribution in [0.15, 0.2) is 30.3 Å². The van der Waals surface area contributed by atoms with Crippen LogP contribution in [0.4, 0.5) is 0 Å². The molecule has 1 aromatic heterocycles. The van der Waals surface area contributed by atoms with E-state index >= 15 is 0 Å². The fraction of sp³-hybridized carbons (Fsp3) is 0.455. The van der Waals surface area contributed by atoms with E-state index in [-0.39, 0.29) is 11.7 Å². The number of aryl methyl sites for hydroxylation is 1. The molecule has 1 fully saturated rings. The first-order chi connectivity index (χ1) is 13.3. The number of halogens is 1. The maximum absolute atomic E-state index is 12.8. The number of carbonyl (C=O) groups is 2. The Morgan fingerprint density at radius 3 is 2.18 bits per heavy atom. The number of benzene rings is 1. The van der Waals surface area contributed by atoms with Crippen LogP contribution in [0, 0.1) is 13.8 Å². The molecule has 5 nitrogen and oxygen atoms in total. The Morgan fingerprint density at radius 1 is 1.04 bits per heavy atom. The third-order valence-corrected chi connectivity index (χ3v) is 5.67. The van der Waals surface area contributed by atoms with Crippen molar-refractivity contribution >= 4 is 23.3 Å². The largest absolute Gasteiger partial charge is 0.346 e. The van der Waals surface area contributed by atoms with E-state index in [2.05, 4.69) is 23.3 Å². The average Bonchev–Trinajstić information content (AvgIpc) is 2.97. The van der Waals surface area contributed by atoms with E-state index in [1.165, 1.54) is 0 Å². The van der Waals surface area contributed by atoms with Gasteiger partial charge < -0.3 is 9.47 Å². The van der Waals surface area contributed by atoms with Crippen molar-refractivity contribution in [1.82, 2.24) is 14.4 Å². The molecule has 6 heteroatoms.